The summed E-state index contributed by atoms with van der Waals surface area (Å²) < 4.78 is 0.902. The van der Waals surface area contributed by atoms with Crippen LogP contribution in [0.25, 0.3) is 0 Å². The van der Waals surface area contributed by atoms with E-state index in [2.05, 4.69) is 27.8 Å². The molecular weight excluding hydrogens is 326 g/mol. The third kappa shape index (κ3) is 3.80. The smallest absolute Gasteiger partial charge is 0.165 e. The van der Waals surface area contributed by atoms with Crippen molar-refractivity contribution in [3.63, 3.8) is 0 Å². The lowest BCUT2D eigenvalue weighted by Gasteiger charge is -2.22. The van der Waals surface area contributed by atoms with Gasteiger partial charge in [-0.05, 0) is 44.0 Å². The molecule has 2 rings (SSSR count). The maximum Gasteiger partial charge on any atom is 0.165 e. The second-order valence-corrected chi connectivity index (χ2v) is 6.36. The first kappa shape index (κ1) is 15.0. The Kier molecular flexibility index (Phi) is 5.43. The van der Waals surface area contributed by atoms with Gasteiger partial charge < -0.3 is 0 Å². The molecule has 1 unspecified atom stereocenters. The second kappa shape index (κ2) is 6.87. The van der Waals surface area contributed by atoms with Crippen molar-refractivity contribution in [3.8, 4) is 0 Å². The first-order valence-electron chi connectivity index (χ1n) is 6.84. The van der Waals surface area contributed by atoms with Crippen LogP contribution in [0, 0.1) is 0 Å². The molecule has 1 aromatic rings. The van der Waals surface area contributed by atoms with Crippen molar-refractivity contribution in [2.24, 2.45) is 0 Å². The van der Waals surface area contributed by atoms with Gasteiger partial charge in [-0.2, -0.15) is 0 Å². The summed E-state index contributed by atoms with van der Waals surface area (Å²) in [6, 6.07) is 6.10. The van der Waals surface area contributed by atoms with Crippen LogP contribution in [0.5, 0.6) is 0 Å². The summed E-state index contributed by atoms with van der Waals surface area (Å²) in [5.41, 5.74) is 0.636. The summed E-state index contributed by atoms with van der Waals surface area (Å²) in [6.45, 7) is 4.19. The molecule has 1 fully saturated rings. The lowest BCUT2D eigenvalue weighted by molar-refractivity contribution is 0.0961. The van der Waals surface area contributed by atoms with E-state index in [9.17, 15) is 4.79 Å². The number of likely N-dealkylation sites (tertiary alicyclic amines) is 1. The predicted molar refractivity (Wildman–Crippen MR) is 83.0 cm³/mol. The molecule has 1 aliphatic rings. The third-order valence-electron chi connectivity index (χ3n) is 3.83. The maximum atomic E-state index is 12.2. The molecule has 0 spiro atoms. The molecule has 0 aromatic heterocycles. The van der Waals surface area contributed by atoms with Crippen LogP contribution in [0.2, 0.25) is 5.02 Å². The number of rotatable bonds is 5. The Morgan fingerprint density at radius 2 is 2.32 bits per heavy atom. The summed E-state index contributed by atoms with van der Waals surface area (Å²) in [5.74, 6) is 0.138. The van der Waals surface area contributed by atoms with Gasteiger partial charge in [0.05, 0.1) is 5.02 Å². The van der Waals surface area contributed by atoms with E-state index >= 15 is 0 Å². The van der Waals surface area contributed by atoms with Crippen LogP contribution < -0.4 is 0 Å². The van der Waals surface area contributed by atoms with Crippen molar-refractivity contribution in [2.75, 3.05) is 13.1 Å². The average Bonchev–Trinajstić information content (AvgIpc) is 2.83. The molecule has 1 aromatic carbocycles. The number of hydrogen-bond donors (Lipinski definition) is 0. The molecule has 4 heteroatoms. The Morgan fingerprint density at radius 3 is 3.00 bits per heavy atom. The number of halogens is 2. The average molecular weight is 345 g/mol. The molecule has 2 nitrogen and oxygen atoms in total. The van der Waals surface area contributed by atoms with Crippen LogP contribution in [-0.4, -0.2) is 29.8 Å². The second-order valence-electron chi connectivity index (χ2n) is 5.04. The zero-order valence-corrected chi connectivity index (χ0v) is 13.5. The van der Waals surface area contributed by atoms with E-state index in [4.69, 9.17) is 11.6 Å². The number of hydrogen-bond acceptors (Lipinski definition) is 2. The highest BCUT2D eigenvalue weighted by atomic mass is 79.9. The quantitative estimate of drug-likeness (QED) is 0.730. The van der Waals surface area contributed by atoms with Crippen molar-refractivity contribution < 1.29 is 4.79 Å². The fourth-order valence-electron chi connectivity index (χ4n) is 2.75. The molecule has 1 saturated heterocycles. The van der Waals surface area contributed by atoms with Gasteiger partial charge in [0.25, 0.3) is 0 Å². The van der Waals surface area contributed by atoms with E-state index in [0.29, 0.717) is 23.0 Å². The van der Waals surface area contributed by atoms with Gasteiger partial charge in [-0.15, -0.1) is 0 Å². The van der Waals surface area contributed by atoms with Gasteiger partial charge in [-0.1, -0.05) is 34.5 Å². The monoisotopic (exact) mass is 343 g/mol. The molecule has 0 aliphatic carbocycles. The summed E-state index contributed by atoms with van der Waals surface area (Å²) >= 11 is 9.46. The molecule has 0 saturated carbocycles. The standard InChI is InChI=1S/C15H19BrClNO/c1-2-12-4-3-8-18(12)9-7-15(19)13-6-5-11(16)10-14(13)17/h5-6,10,12H,2-4,7-9H2,1H3. The van der Waals surface area contributed by atoms with Gasteiger partial charge in [0.15, 0.2) is 5.78 Å². The first-order chi connectivity index (χ1) is 9.11. The van der Waals surface area contributed by atoms with Crippen molar-refractivity contribution in [3.05, 3.63) is 33.3 Å². The Bertz CT molecular complexity index is 463. The molecular formula is C15H19BrClNO. The number of Topliss-reactive ketones (excluding diaryl/α,β-unsaturated/α-hetero) is 1. The number of nitrogens with zero attached hydrogens (tertiary/aromatic N) is 1. The Balaban J connectivity index is 1.94. The number of carbonyl (C=O) groups excluding carboxylic acids is 1. The summed E-state index contributed by atoms with van der Waals surface area (Å²) in [7, 11) is 0. The van der Waals surface area contributed by atoms with Gasteiger partial charge in [0.2, 0.25) is 0 Å². The maximum absolute atomic E-state index is 12.2. The van der Waals surface area contributed by atoms with Crippen molar-refractivity contribution in [2.45, 2.75) is 38.6 Å². The van der Waals surface area contributed by atoms with Gasteiger partial charge in [-0.3, -0.25) is 9.69 Å². The van der Waals surface area contributed by atoms with E-state index in [0.717, 1.165) is 17.6 Å². The van der Waals surface area contributed by atoms with Crippen molar-refractivity contribution in [1.82, 2.24) is 4.90 Å². The molecule has 0 bridgehead atoms. The lowest BCUT2D eigenvalue weighted by atomic mass is 10.1. The number of ketones is 1. The minimum atomic E-state index is 0.138. The SMILES string of the molecule is CCC1CCCN1CCC(=O)c1ccc(Br)cc1Cl. The first-order valence-corrected chi connectivity index (χ1v) is 8.01. The molecule has 1 heterocycles. The Labute approximate surface area is 128 Å². The van der Waals surface area contributed by atoms with Crippen LogP contribution in [0.4, 0.5) is 0 Å². The van der Waals surface area contributed by atoms with Gasteiger partial charge >= 0.3 is 0 Å². The normalized spacial score (nSPS) is 19.8. The molecule has 0 radical (unpaired) electrons. The zero-order valence-electron chi connectivity index (χ0n) is 11.2. The highest BCUT2D eigenvalue weighted by Crippen LogP contribution is 2.24. The van der Waals surface area contributed by atoms with E-state index in [1.165, 1.54) is 19.3 Å². The summed E-state index contributed by atoms with van der Waals surface area (Å²) in [6.07, 6.45) is 4.25. The molecule has 0 amide bonds. The number of carbonyl (C=O) groups is 1. The van der Waals surface area contributed by atoms with E-state index in [1.807, 2.05) is 6.07 Å². The predicted octanol–water partition coefficient (Wildman–Crippen LogP) is 4.55. The van der Waals surface area contributed by atoms with Crippen LogP contribution in [0.1, 0.15) is 43.0 Å². The zero-order chi connectivity index (χ0) is 13.8. The van der Waals surface area contributed by atoms with Crippen molar-refractivity contribution in [1.29, 1.82) is 0 Å². The summed E-state index contributed by atoms with van der Waals surface area (Å²) in [5, 5.41) is 0.535. The van der Waals surface area contributed by atoms with Crippen LogP contribution in [-0.2, 0) is 0 Å². The minimum Gasteiger partial charge on any atom is -0.300 e. The molecule has 19 heavy (non-hydrogen) atoms. The van der Waals surface area contributed by atoms with Gasteiger partial charge in [0, 0.05) is 29.0 Å². The molecule has 104 valence electrons. The van der Waals surface area contributed by atoms with Gasteiger partial charge in [0.1, 0.15) is 0 Å². The van der Waals surface area contributed by atoms with E-state index < -0.39 is 0 Å². The van der Waals surface area contributed by atoms with E-state index in [-0.39, 0.29) is 5.78 Å². The molecule has 1 aliphatic heterocycles. The highest BCUT2D eigenvalue weighted by molar-refractivity contribution is 9.10. The highest BCUT2D eigenvalue weighted by Gasteiger charge is 2.23. The van der Waals surface area contributed by atoms with Crippen LogP contribution >= 0.6 is 27.5 Å². The molecule has 1 atom stereocenters. The number of benzene rings is 1. The Morgan fingerprint density at radius 1 is 1.53 bits per heavy atom. The van der Waals surface area contributed by atoms with Gasteiger partial charge in [-0.25, -0.2) is 0 Å². The summed E-state index contributed by atoms with van der Waals surface area (Å²) in [4.78, 5) is 14.6. The topological polar surface area (TPSA) is 20.3 Å². The molecule has 0 N–H and O–H groups in total. The third-order valence-corrected chi connectivity index (χ3v) is 4.63. The Hall–Kier alpha value is -0.380. The minimum absolute atomic E-state index is 0.138. The van der Waals surface area contributed by atoms with Crippen LogP contribution in [0.3, 0.4) is 0 Å². The lowest BCUT2D eigenvalue weighted by Crippen LogP contribution is -2.30. The van der Waals surface area contributed by atoms with E-state index in [1.54, 1.807) is 12.1 Å². The largest absolute Gasteiger partial charge is 0.300 e. The fourth-order valence-corrected chi connectivity index (χ4v) is 3.53. The van der Waals surface area contributed by atoms with Crippen LogP contribution in [0.15, 0.2) is 22.7 Å². The van der Waals surface area contributed by atoms with Crippen molar-refractivity contribution >= 4 is 33.3 Å². The fraction of sp³-hybridized carbons (Fsp3) is 0.533.